The summed E-state index contributed by atoms with van der Waals surface area (Å²) in [5.41, 5.74) is 0.835. The van der Waals surface area contributed by atoms with Crippen LogP contribution in [0, 0.1) is 32.4 Å². The molecule has 3 aromatic rings. The van der Waals surface area contributed by atoms with Crippen LogP contribution in [0.25, 0.3) is 0 Å². The highest BCUT2D eigenvalue weighted by molar-refractivity contribution is 7.99. The Hall–Kier alpha value is -3.01. The van der Waals surface area contributed by atoms with Crippen molar-refractivity contribution >= 4 is 17.7 Å². The van der Waals surface area contributed by atoms with Gasteiger partial charge >= 0.3 is 0 Å². The van der Waals surface area contributed by atoms with Crippen LogP contribution in [-0.4, -0.2) is 27.6 Å². The van der Waals surface area contributed by atoms with E-state index in [1.807, 2.05) is 0 Å². The molecule has 1 heterocycles. The predicted octanol–water partition coefficient (Wildman–Crippen LogP) is 4.75. The van der Waals surface area contributed by atoms with Crippen LogP contribution >= 0.6 is 11.8 Å². The van der Waals surface area contributed by atoms with E-state index in [1.165, 1.54) is 19.1 Å². The number of hydrogen-bond acceptors (Lipinski definition) is 5. The molecule has 162 valence electrons. The van der Waals surface area contributed by atoms with Gasteiger partial charge in [0, 0.05) is 10.5 Å². The van der Waals surface area contributed by atoms with Crippen molar-refractivity contribution in [2.45, 2.75) is 36.6 Å². The fourth-order valence-electron chi connectivity index (χ4n) is 2.86. The molecule has 0 aliphatic rings. The average molecular weight is 450 g/mol. The maximum Gasteiger partial charge on any atom is 0.290 e. The van der Waals surface area contributed by atoms with Gasteiger partial charge in [0.15, 0.2) is 22.4 Å². The molecule has 3 rings (SSSR count). The van der Waals surface area contributed by atoms with E-state index in [0.29, 0.717) is 5.56 Å². The number of carbonyl (C=O) groups excluding carboxylic acids is 1. The Labute approximate surface area is 180 Å². The van der Waals surface area contributed by atoms with Crippen molar-refractivity contribution in [2.24, 2.45) is 0 Å². The molecule has 5 nitrogen and oxygen atoms in total. The van der Waals surface area contributed by atoms with E-state index in [-0.39, 0.29) is 27.0 Å². The number of nitrogens with one attached hydrogen (secondary N) is 1. The van der Waals surface area contributed by atoms with Crippen molar-refractivity contribution in [3.05, 3.63) is 76.2 Å². The highest BCUT2D eigenvalue weighted by Gasteiger charge is 2.34. The van der Waals surface area contributed by atoms with Gasteiger partial charge in [-0.05, 0) is 44.5 Å². The third kappa shape index (κ3) is 5.38. The van der Waals surface area contributed by atoms with Gasteiger partial charge in [0.1, 0.15) is 5.82 Å². The summed E-state index contributed by atoms with van der Waals surface area (Å²) in [7, 11) is 0. The first-order chi connectivity index (χ1) is 14.6. The molecule has 0 aliphatic carbocycles. The smallest absolute Gasteiger partial charge is 0.290 e. The lowest BCUT2D eigenvalue weighted by Gasteiger charge is -2.20. The van der Waals surface area contributed by atoms with Crippen LogP contribution in [0.3, 0.4) is 0 Å². The number of rotatable bonds is 6. The van der Waals surface area contributed by atoms with Gasteiger partial charge in [-0.15, -0.1) is 10.2 Å². The minimum Gasteiger partial charge on any atom is -0.344 e. The molecule has 2 aromatic carbocycles. The van der Waals surface area contributed by atoms with Crippen LogP contribution in [0.15, 0.2) is 46.3 Å². The van der Waals surface area contributed by atoms with Crippen molar-refractivity contribution in [1.82, 2.24) is 20.5 Å². The number of halogens is 4. The molecule has 31 heavy (non-hydrogen) atoms. The first-order valence-electron chi connectivity index (χ1n) is 9.15. The molecule has 0 aliphatic heterocycles. The van der Waals surface area contributed by atoms with Crippen LogP contribution in [0.4, 0.5) is 17.6 Å². The number of carbonyl (C=O) groups is 1. The summed E-state index contributed by atoms with van der Waals surface area (Å²) >= 11 is 0.817. The highest BCUT2D eigenvalue weighted by atomic mass is 32.2. The number of aromatic nitrogens is 3. The van der Waals surface area contributed by atoms with Crippen LogP contribution in [0.5, 0.6) is 0 Å². The summed E-state index contributed by atoms with van der Waals surface area (Å²) < 4.78 is 56.0. The Balaban J connectivity index is 1.81. The van der Waals surface area contributed by atoms with Crippen molar-refractivity contribution < 1.29 is 22.4 Å². The van der Waals surface area contributed by atoms with Crippen molar-refractivity contribution in [2.75, 3.05) is 6.54 Å². The summed E-state index contributed by atoms with van der Waals surface area (Å²) in [6.45, 7) is 3.91. The molecular formula is C21H18F4N4OS. The van der Waals surface area contributed by atoms with Crippen LogP contribution in [0.1, 0.15) is 33.0 Å². The highest BCUT2D eigenvalue weighted by Crippen LogP contribution is 2.31. The molecule has 0 unspecified atom stereocenters. The van der Waals surface area contributed by atoms with E-state index in [9.17, 15) is 22.4 Å². The number of alkyl halides is 2. The zero-order chi connectivity index (χ0) is 22.8. The molecule has 1 N–H and O–H groups in total. The van der Waals surface area contributed by atoms with E-state index in [2.05, 4.69) is 20.5 Å². The summed E-state index contributed by atoms with van der Waals surface area (Å²) in [5, 5.41) is 9.78. The van der Waals surface area contributed by atoms with Crippen LogP contribution < -0.4 is 5.32 Å². The Morgan fingerprint density at radius 3 is 2.45 bits per heavy atom. The molecule has 0 radical (unpaired) electrons. The van der Waals surface area contributed by atoms with Gasteiger partial charge in [-0.1, -0.05) is 35.5 Å². The molecule has 0 bridgehead atoms. The van der Waals surface area contributed by atoms with Gasteiger partial charge in [0.05, 0.1) is 6.54 Å². The zero-order valence-corrected chi connectivity index (χ0v) is 17.7. The fourth-order valence-corrected chi connectivity index (χ4v) is 3.70. The minimum atomic E-state index is -3.31. The van der Waals surface area contributed by atoms with Gasteiger partial charge < -0.3 is 5.32 Å². The molecule has 1 amide bonds. The summed E-state index contributed by atoms with van der Waals surface area (Å²) in [6, 6.07) is 7.69. The van der Waals surface area contributed by atoms with Crippen molar-refractivity contribution in [1.29, 1.82) is 0 Å². The van der Waals surface area contributed by atoms with E-state index in [4.69, 9.17) is 0 Å². The normalized spacial score (nSPS) is 11.5. The number of nitrogens with zero attached hydrogens (tertiary/aromatic N) is 3. The first-order valence-corrected chi connectivity index (χ1v) is 9.96. The summed E-state index contributed by atoms with van der Waals surface area (Å²) in [5.74, 6) is -6.13. The van der Waals surface area contributed by atoms with E-state index < -0.39 is 30.0 Å². The van der Waals surface area contributed by atoms with Gasteiger partial charge in [-0.2, -0.15) is 8.78 Å². The number of amides is 1. The topological polar surface area (TPSA) is 67.8 Å². The summed E-state index contributed by atoms with van der Waals surface area (Å²) in [6.07, 6.45) is 0. The maximum atomic E-state index is 14.7. The quantitative estimate of drug-likeness (QED) is 0.549. The molecule has 0 saturated carbocycles. The molecule has 0 fully saturated rings. The predicted molar refractivity (Wildman–Crippen MR) is 107 cm³/mol. The average Bonchev–Trinajstić information content (AvgIpc) is 2.70. The number of benzene rings is 2. The number of hydrogen-bond donors (Lipinski definition) is 1. The largest absolute Gasteiger partial charge is 0.344 e. The third-order valence-corrected chi connectivity index (χ3v) is 5.29. The van der Waals surface area contributed by atoms with Crippen molar-refractivity contribution in [3.63, 3.8) is 0 Å². The van der Waals surface area contributed by atoms with E-state index in [1.54, 1.807) is 26.0 Å². The second-order valence-electron chi connectivity index (χ2n) is 6.90. The van der Waals surface area contributed by atoms with Crippen LogP contribution in [-0.2, 0) is 5.92 Å². The number of aryl methyl sites for hydroxylation is 3. The van der Waals surface area contributed by atoms with Gasteiger partial charge in [-0.3, -0.25) is 4.79 Å². The lowest BCUT2D eigenvalue weighted by atomic mass is 10.0. The van der Waals surface area contributed by atoms with Gasteiger partial charge in [0.2, 0.25) is 0 Å². The van der Waals surface area contributed by atoms with Gasteiger partial charge in [0.25, 0.3) is 11.8 Å². The SMILES string of the molecule is Cc1ccc(C(F)(F)CNC(=O)c2nc(C)nnc2Sc2ccc(F)c(F)c2)c(C)c1. The molecule has 0 atom stereocenters. The molecule has 0 saturated heterocycles. The monoisotopic (exact) mass is 450 g/mol. The Morgan fingerprint density at radius 2 is 1.77 bits per heavy atom. The molecular weight excluding hydrogens is 432 g/mol. The van der Waals surface area contributed by atoms with Crippen molar-refractivity contribution in [3.8, 4) is 0 Å². The van der Waals surface area contributed by atoms with E-state index in [0.717, 1.165) is 29.5 Å². The van der Waals surface area contributed by atoms with Crippen LogP contribution in [0.2, 0.25) is 0 Å². The molecule has 1 aromatic heterocycles. The fraction of sp³-hybridized carbons (Fsp3) is 0.238. The standard InChI is InChI=1S/C21H18F4N4OS/c1-11-4-6-15(12(2)8-11)21(24,25)10-26-19(30)18-20(29-28-13(3)27-18)31-14-5-7-16(22)17(23)9-14/h4-9H,10H2,1-3H3,(H,26,30). The first kappa shape index (κ1) is 22.7. The molecule has 0 spiro atoms. The Kier molecular flexibility index (Phi) is 6.59. The lowest BCUT2D eigenvalue weighted by Crippen LogP contribution is -2.36. The maximum absolute atomic E-state index is 14.7. The second-order valence-corrected chi connectivity index (χ2v) is 7.96. The molecule has 10 heteroatoms. The third-order valence-electron chi connectivity index (χ3n) is 4.33. The van der Waals surface area contributed by atoms with E-state index >= 15 is 0 Å². The lowest BCUT2D eigenvalue weighted by molar-refractivity contribution is -0.00316. The minimum absolute atomic E-state index is 0.0241. The summed E-state index contributed by atoms with van der Waals surface area (Å²) in [4.78, 5) is 16.9. The van der Waals surface area contributed by atoms with Gasteiger partial charge in [-0.25, -0.2) is 13.8 Å². The Morgan fingerprint density at radius 1 is 1.03 bits per heavy atom. The zero-order valence-electron chi connectivity index (χ0n) is 16.8. The Bertz CT molecular complexity index is 1140. The second kappa shape index (κ2) is 9.01.